The van der Waals surface area contributed by atoms with Crippen molar-refractivity contribution in [2.45, 2.75) is 13.6 Å². The Morgan fingerprint density at radius 2 is 1.25 bits per heavy atom. The Hall–Kier alpha value is 0.310. The van der Waals surface area contributed by atoms with Gasteiger partial charge in [-0.3, -0.25) is 0 Å². The fourth-order valence-electron chi connectivity index (χ4n) is 1.88. The van der Waals surface area contributed by atoms with E-state index in [0.29, 0.717) is 0 Å². The number of rotatable bonds is 2. The van der Waals surface area contributed by atoms with Crippen molar-refractivity contribution in [2.24, 2.45) is 0 Å². The second kappa shape index (κ2) is 6.30. The van der Waals surface area contributed by atoms with Crippen molar-refractivity contribution in [1.82, 2.24) is 0 Å². The summed E-state index contributed by atoms with van der Waals surface area (Å²) in [5.74, 6) is 0. The van der Waals surface area contributed by atoms with E-state index in [0.717, 1.165) is 0 Å². The molecular formula is C14H14BRb-2. The van der Waals surface area contributed by atoms with Gasteiger partial charge in [0, 0.05) is 0 Å². The molecule has 0 unspecified atom stereocenters. The van der Waals surface area contributed by atoms with E-state index in [1.807, 2.05) is 24.3 Å². The normalized spacial score (nSPS) is 10.6. The summed E-state index contributed by atoms with van der Waals surface area (Å²) in [6.45, 7) is 4.52. The Morgan fingerprint density at radius 1 is 0.812 bits per heavy atom. The van der Waals surface area contributed by atoms with E-state index in [4.69, 9.17) is 0 Å². The summed E-state index contributed by atoms with van der Waals surface area (Å²) >= 11 is 0. The van der Waals surface area contributed by atoms with Crippen LogP contribution in [0, 0.1) is 12.1 Å². The molecule has 0 heterocycles. The third-order valence-electron chi connectivity index (χ3n) is 3.02. The van der Waals surface area contributed by atoms with E-state index in [1.165, 1.54) is 10.9 Å². The molecule has 2 aromatic rings. The van der Waals surface area contributed by atoms with E-state index in [2.05, 4.69) is 50.0 Å². The Labute approximate surface area is 147 Å². The minimum absolute atomic E-state index is 0. The van der Waals surface area contributed by atoms with E-state index >= 15 is 0 Å². The number of hydrogen-bond donors (Lipinski definition) is 0. The van der Waals surface area contributed by atoms with Gasteiger partial charge in [-0.15, -0.1) is 0 Å². The molecule has 2 aromatic carbocycles. The Kier molecular flexibility index (Phi) is 5.66. The van der Waals surface area contributed by atoms with Gasteiger partial charge < -0.3 is 10.9 Å². The molecule has 0 atom stereocenters. The number of benzene rings is 2. The van der Waals surface area contributed by atoms with Gasteiger partial charge in [0.25, 0.3) is 0 Å². The molecule has 0 bridgehead atoms. The third-order valence-corrected chi connectivity index (χ3v) is 3.02. The molecule has 0 nitrogen and oxygen atoms in total. The standard InChI is InChI=1S/C14H14B.Rb/c1-15(2,13-9-5-3-6-10-13)14-11-7-4-8-12-14;/h3-9,11H,1-2H3;/q-3;+1. The van der Waals surface area contributed by atoms with Crippen LogP contribution in [-0.2, 0) is 0 Å². The van der Waals surface area contributed by atoms with Gasteiger partial charge in [0.1, 0.15) is 0 Å². The summed E-state index contributed by atoms with van der Waals surface area (Å²) in [7, 11) is 0. The molecule has 0 N–H and O–H groups in total. The van der Waals surface area contributed by atoms with Crippen molar-refractivity contribution in [1.29, 1.82) is 0 Å². The summed E-state index contributed by atoms with van der Waals surface area (Å²) in [4.78, 5) is 0. The molecule has 0 aliphatic rings. The molecule has 0 saturated carbocycles. The maximum Gasteiger partial charge on any atom is 1.00 e. The van der Waals surface area contributed by atoms with Crippen molar-refractivity contribution in [3.63, 3.8) is 0 Å². The van der Waals surface area contributed by atoms with E-state index in [9.17, 15) is 0 Å². The molecule has 76 valence electrons. The summed E-state index contributed by atoms with van der Waals surface area (Å²) in [5.41, 5.74) is 2.53. The second-order valence-electron chi connectivity index (χ2n) is 4.51. The first kappa shape index (κ1) is 14.4. The molecule has 0 aliphatic carbocycles. The van der Waals surface area contributed by atoms with Crippen molar-refractivity contribution < 1.29 is 58.2 Å². The first-order valence-electron chi connectivity index (χ1n) is 5.39. The molecule has 0 spiro atoms. The van der Waals surface area contributed by atoms with Gasteiger partial charge in [0.05, 0.1) is 0 Å². The minimum Gasteiger partial charge on any atom is -0.323 e. The van der Waals surface area contributed by atoms with Gasteiger partial charge in [-0.2, -0.15) is 50.0 Å². The molecule has 2 rings (SSSR count). The van der Waals surface area contributed by atoms with Gasteiger partial charge in [-0.05, 0) is 6.15 Å². The van der Waals surface area contributed by atoms with Crippen molar-refractivity contribution in [2.75, 3.05) is 0 Å². The van der Waals surface area contributed by atoms with Crippen LogP contribution in [0.1, 0.15) is 0 Å². The Bertz CT molecular complexity index is 382. The zero-order valence-corrected chi connectivity index (χ0v) is 15.1. The second-order valence-corrected chi connectivity index (χ2v) is 4.51. The SMILES string of the molecule is C[B-](C)(c1[c-]cccc1)c1[c-]cccc1.[Rb+]. The van der Waals surface area contributed by atoms with Crippen LogP contribution in [0.15, 0.2) is 48.5 Å². The van der Waals surface area contributed by atoms with Crippen molar-refractivity contribution in [3.8, 4) is 0 Å². The summed E-state index contributed by atoms with van der Waals surface area (Å²) < 4.78 is 0. The Balaban J connectivity index is 0.00000128. The van der Waals surface area contributed by atoms with Crippen LogP contribution in [0.2, 0.25) is 13.6 Å². The fraction of sp³-hybridized carbons (Fsp3) is 0.143. The predicted molar refractivity (Wildman–Crippen MR) is 67.3 cm³/mol. The maximum absolute atomic E-state index is 3.31. The van der Waals surface area contributed by atoms with Crippen LogP contribution >= 0.6 is 0 Å². The van der Waals surface area contributed by atoms with Crippen LogP contribution < -0.4 is 69.1 Å². The Morgan fingerprint density at radius 3 is 1.56 bits per heavy atom. The van der Waals surface area contributed by atoms with Crippen molar-refractivity contribution >= 4 is 17.1 Å². The van der Waals surface area contributed by atoms with E-state index in [-0.39, 0.29) is 58.2 Å². The molecule has 0 aromatic heterocycles. The fourth-order valence-corrected chi connectivity index (χ4v) is 1.88. The van der Waals surface area contributed by atoms with Crippen LogP contribution in [-0.4, -0.2) is 6.15 Å². The summed E-state index contributed by atoms with van der Waals surface area (Å²) in [5, 5.41) is 0. The average molecular weight is 279 g/mol. The monoisotopic (exact) mass is 278 g/mol. The molecule has 0 saturated heterocycles. The smallest absolute Gasteiger partial charge is 0.323 e. The largest absolute Gasteiger partial charge is 1.00 e. The first-order chi connectivity index (χ1) is 7.21. The van der Waals surface area contributed by atoms with Gasteiger partial charge in [0.15, 0.2) is 0 Å². The minimum atomic E-state index is -0.719. The van der Waals surface area contributed by atoms with E-state index < -0.39 is 6.15 Å². The van der Waals surface area contributed by atoms with Gasteiger partial charge in [-0.1, -0.05) is 0 Å². The van der Waals surface area contributed by atoms with Crippen LogP contribution in [0.3, 0.4) is 0 Å². The molecular weight excluding hydrogens is 264 g/mol. The number of hydrogen-bond acceptors (Lipinski definition) is 0. The zero-order chi connectivity index (χ0) is 10.7. The average Bonchev–Trinajstić information content (AvgIpc) is 2.31. The topological polar surface area (TPSA) is 0 Å². The van der Waals surface area contributed by atoms with Crippen LogP contribution in [0.5, 0.6) is 0 Å². The molecule has 16 heavy (non-hydrogen) atoms. The quantitative estimate of drug-likeness (QED) is 0.494. The maximum atomic E-state index is 3.31. The molecule has 0 fully saturated rings. The third kappa shape index (κ3) is 3.16. The van der Waals surface area contributed by atoms with Crippen LogP contribution in [0.25, 0.3) is 0 Å². The molecule has 0 amide bonds. The summed E-state index contributed by atoms with van der Waals surface area (Å²) in [6, 6.07) is 23.0. The van der Waals surface area contributed by atoms with E-state index in [1.54, 1.807) is 0 Å². The summed E-state index contributed by atoms with van der Waals surface area (Å²) in [6.07, 6.45) is -0.719. The molecule has 2 heteroatoms. The van der Waals surface area contributed by atoms with Gasteiger partial charge >= 0.3 is 58.2 Å². The molecule has 0 aliphatic heterocycles. The van der Waals surface area contributed by atoms with Gasteiger partial charge in [0.2, 0.25) is 0 Å². The van der Waals surface area contributed by atoms with Crippen LogP contribution in [0.4, 0.5) is 0 Å². The van der Waals surface area contributed by atoms with Gasteiger partial charge in [-0.25, -0.2) is 24.3 Å². The zero-order valence-electron chi connectivity index (χ0n) is 10.2. The predicted octanol–water partition coefficient (Wildman–Crippen LogP) is -0.886. The van der Waals surface area contributed by atoms with Crippen molar-refractivity contribution in [3.05, 3.63) is 60.7 Å². The molecule has 0 radical (unpaired) electrons. The first-order valence-corrected chi connectivity index (χ1v) is 5.39.